The van der Waals surface area contributed by atoms with E-state index in [0.29, 0.717) is 12.2 Å². The molecule has 0 aliphatic carbocycles. The molecule has 0 atom stereocenters. The minimum Gasteiger partial charge on any atom is -0.347 e. The average molecular weight is 280 g/mol. The van der Waals surface area contributed by atoms with E-state index < -0.39 is 0 Å². The van der Waals surface area contributed by atoms with Crippen molar-refractivity contribution in [3.05, 3.63) is 66.0 Å². The lowest BCUT2D eigenvalue weighted by Crippen LogP contribution is -2.23. The van der Waals surface area contributed by atoms with E-state index in [0.717, 1.165) is 23.3 Å². The number of fused-ring (bicyclic) bond motifs is 1. The number of hydrogen-bond donors (Lipinski definition) is 1. The molecule has 0 spiro atoms. The number of hydrogen-bond acceptors (Lipinski definition) is 3. The van der Waals surface area contributed by atoms with Crippen molar-refractivity contribution in [2.75, 3.05) is 0 Å². The molecule has 0 radical (unpaired) electrons. The maximum absolute atomic E-state index is 12.4. The Morgan fingerprint density at radius 2 is 2.05 bits per heavy atom. The third-order valence-corrected chi connectivity index (χ3v) is 3.36. The summed E-state index contributed by atoms with van der Waals surface area (Å²) in [4.78, 5) is 20.8. The Morgan fingerprint density at radius 3 is 2.81 bits per heavy atom. The molecule has 1 amide bonds. The number of pyridine rings is 2. The van der Waals surface area contributed by atoms with Gasteiger partial charge in [0.1, 0.15) is 5.82 Å². The molecule has 3 heterocycles. The third-order valence-electron chi connectivity index (χ3n) is 3.36. The van der Waals surface area contributed by atoms with Crippen molar-refractivity contribution in [3.63, 3.8) is 0 Å². The molecule has 0 aliphatic heterocycles. The molecule has 5 nitrogen and oxygen atoms in total. The number of amides is 1. The molecule has 3 rings (SSSR count). The zero-order chi connectivity index (χ0) is 14.7. The minimum absolute atomic E-state index is 0.157. The van der Waals surface area contributed by atoms with Crippen LogP contribution in [0.5, 0.6) is 0 Å². The molecule has 1 N–H and O–H groups in total. The van der Waals surface area contributed by atoms with Gasteiger partial charge < -0.3 is 9.72 Å². The van der Waals surface area contributed by atoms with Gasteiger partial charge in [0.25, 0.3) is 5.91 Å². The first kappa shape index (κ1) is 13.3. The lowest BCUT2D eigenvalue weighted by atomic mass is 10.2. The summed E-state index contributed by atoms with van der Waals surface area (Å²) in [5.41, 5.74) is 2.32. The van der Waals surface area contributed by atoms with Gasteiger partial charge in [-0.05, 0) is 29.8 Å². The zero-order valence-electron chi connectivity index (χ0n) is 11.8. The fourth-order valence-electron chi connectivity index (χ4n) is 2.28. The quantitative estimate of drug-likeness (QED) is 0.797. The van der Waals surface area contributed by atoms with Gasteiger partial charge in [-0.2, -0.15) is 0 Å². The lowest BCUT2D eigenvalue weighted by molar-refractivity contribution is 0.0948. The number of carbonyl (C=O) groups excluding carboxylic acids is 1. The number of aromatic nitrogens is 3. The van der Waals surface area contributed by atoms with E-state index in [1.807, 2.05) is 47.9 Å². The van der Waals surface area contributed by atoms with E-state index in [1.165, 1.54) is 0 Å². The number of aryl methyl sites for hydroxylation is 1. The number of rotatable bonds is 4. The summed E-state index contributed by atoms with van der Waals surface area (Å²) in [6.07, 6.45) is 6.13. The van der Waals surface area contributed by atoms with Crippen LogP contribution < -0.4 is 5.32 Å². The van der Waals surface area contributed by atoms with Crippen LogP contribution in [-0.2, 0) is 13.0 Å². The van der Waals surface area contributed by atoms with Crippen molar-refractivity contribution in [2.24, 2.45) is 0 Å². The highest BCUT2D eigenvalue weighted by molar-refractivity contribution is 5.99. The van der Waals surface area contributed by atoms with Crippen molar-refractivity contribution in [1.82, 2.24) is 19.7 Å². The third kappa shape index (κ3) is 2.63. The highest BCUT2D eigenvalue weighted by atomic mass is 16.1. The first-order valence-electron chi connectivity index (χ1n) is 6.92. The smallest absolute Gasteiger partial charge is 0.272 e. The van der Waals surface area contributed by atoms with E-state index >= 15 is 0 Å². The second kappa shape index (κ2) is 5.75. The van der Waals surface area contributed by atoms with Crippen molar-refractivity contribution in [2.45, 2.75) is 19.9 Å². The second-order valence-electron chi connectivity index (χ2n) is 4.72. The molecule has 106 valence electrons. The molecular weight excluding hydrogens is 264 g/mol. The fourth-order valence-corrected chi connectivity index (χ4v) is 2.28. The summed E-state index contributed by atoms with van der Waals surface area (Å²) in [6.45, 7) is 2.50. The number of carbonyl (C=O) groups is 1. The SMILES string of the molecule is CCc1nc(C(=O)NCc2ccncc2)c2ccccn12. The standard InChI is InChI=1S/C16H16N4O/c1-2-14-19-15(13-5-3-4-10-20(13)14)16(21)18-11-12-6-8-17-9-7-12/h3-10H,2,11H2,1H3,(H,18,21). The van der Waals surface area contributed by atoms with Gasteiger partial charge in [-0.1, -0.05) is 13.0 Å². The largest absolute Gasteiger partial charge is 0.347 e. The van der Waals surface area contributed by atoms with Crippen molar-refractivity contribution in [3.8, 4) is 0 Å². The first-order chi connectivity index (χ1) is 10.3. The van der Waals surface area contributed by atoms with Gasteiger partial charge in [0, 0.05) is 31.6 Å². The normalized spacial score (nSPS) is 10.7. The summed E-state index contributed by atoms with van der Waals surface area (Å²) in [6, 6.07) is 9.52. The predicted octanol–water partition coefficient (Wildman–Crippen LogP) is 2.22. The van der Waals surface area contributed by atoms with Crippen molar-refractivity contribution >= 4 is 11.4 Å². The number of imidazole rings is 1. The van der Waals surface area contributed by atoms with Crippen molar-refractivity contribution < 1.29 is 4.79 Å². The maximum Gasteiger partial charge on any atom is 0.272 e. The molecule has 0 unspecified atom stereocenters. The van der Waals surface area contributed by atoms with E-state index in [2.05, 4.69) is 15.3 Å². The Hall–Kier alpha value is -2.69. The van der Waals surface area contributed by atoms with Gasteiger partial charge in [-0.3, -0.25) is 9.78 Å². The topological polar surface area (TPSA) is 59.3 Å². The number of nitrogens with zero attached hydrogens (tertiary/aromatic N) is 3. The van der Waals surface area contributed by atoms with Crippen LogP contribution in [0.2, 0.25) is 0 Å². The molecule has 0 saturated carbocycles. The van der Waals surface area contributed by atoms with Gasteiger partial charge in [0.2, 0.25) is 0 Å². The summed E-state index contributed by atoms with van der Waals surface area (Å²) in [7, 11) is 0. The van der Waals surface area contributed by atoms with Gasteiger partial charge in [-0.15, -0.1) is 0 Å². The molecule has 21 heavy (non-hydrogen) atoms. The van der Waals surface area contributed by atoms with Crippen molar-refractivity contribution in [1.29, 1.82) is 0 Å². The Kier molecular flexibility index (Phi) is 3.64. The summed E-state index contributed by atoms with van der Waals surface area (Å²) >= 11 is 0. The van der Waals surface area contributed by atoms with Crippen LogP contribution in [0.25, 0.3) is 5.52 Å². The van der Waals surface area contributed by atoms with Crippen LogP contribution in [0.4, 0.5) is 0 Å². The Bertz CT molecular complexity index is 764. The van der Waals surface area contributed by atoms with E-state index in [4.69, 9.17) is 0 Å². The predicted molar refractivity (Wildman–Crippen MR) is 80.0 cm³/mol. The van der Waals surface area contributed by atoms with Crippen LogP contribution in [-0.4, -0.2) is 20.3 Å². The highest BCUT2D eigenvalue weighted by Gasteiger charge is 2.15. The van der Waals surface area contributed by atoms with Gasteiger partial charge >= 0.3 is 0 Å². The number of nitrogens with one attached hydrogen (secondary N) is 1. The maximum atomic E-state index is 12.4. The van der Waals surface area contributed by atoms with Crippen LogP contribution in [0, 0.1) is 0 Å². The summed E-state index contributed by atoms with van der Waals surface area (Å²) in [5, 5.41) is 2.90. The zero-order valence-corrected chi connectivity index (χ0v) is 11.8. The minimum atomic E-state index is -0.157. The lowest BCUT2D eigenvalue weighted by Gasteiger charge is -2.03. The van der Waals surface area contributed by atoms with E-state index in [-0.39, 0.29) is 5.91 Å². The van der Waals surface area contributed by atoms with E-state index in [1.54, 1.807) is 12.4 Å². The molecule has 0 saturated heterocycles. The summed E-state index contributed by atoms with van der Waals surface area (Å²) in [5.74, 6) is 0.731. The van der Waals surface area contributed by atoms with Gasteiger partial charge in [0.05, 0.1) is 5.52 Å². The fraction of sp³-hybridized carbons (Fsp3) is 0.188. The molecule has 5 heteroatoms. The van der Waals surface area contributed by atoms with Crippen LogP contribution >= 0.6 is 0 Å². The van der Waals surface area contributed by atoms with Gasteiger partial charge in [-0.25, -0.2) is 4.98 Å². The first-order valence-corrected chi connectivity index (χ1v) is 6.92. The average Bonchev–Trinajstić information content (AvgIpc) is 2.92. The van der Waals surface area contributed by atoms with E-state index in [9.17, 15) is 4.79 Å². The van der Waals surface area contributed by atoms with Crippen LogP contribution in [0.3, 0.4) is 0 Å². The Balaban J connectivity index is 1.85. The monoisotopic (exact) mass is 280 g/mol. The van der Waals surface area contributed by atoms with Crippen LogP contribution in [0.1, 0.15) is 28.8 Å². The van der Waals surface area contributed by atoms with Crippen LogP contribution in [0.15, 0.2) is 48.9 Å². The molecule has 3 aromatic rings. The molecule has 0 aliphatic rings. The summed E-state index contributed by atoms with van der Waals surface area (Å²) < 4.78 is 1.96. The molecule has 3 aromatic heterocycles. The molecule has 0 aromatic carbocycles. The molecule has 0 bridgehead atoms. The Labute approximate surface area is 122 Å². The Morgan fingerprint density at radius 1 is 1.24 bits per heavy atom. The highest BCUT2D eigenvalue weighted by Crippen LogP contribution is 2.13. The van der Waals surface area contributed by atoms with Gasteiger partial charge in [0.15, 0.2) is 5.69 Å². The molecule has 0 fully saturated rings. The molecular formula is C16H16N4O. The second-order valence-corrected chi connectivity index (χ2v) is 4.72.